The lowest BCUT2D eigenvalue weighted by Gasteiger charge is -2.29. The Morgan fingerprint density at radius 2 is 1.86 bits per heavy atom. The number of anilines is 3. The number of furan rings is 1. The van der Waals surface area contributed by atoms with Crippen molar-refractivity contribution in [2.45, 2.75) is 71.1 Å². The topological polar surface area (TPSA) is 135 Å². The van der Waals surface area contributed by atoms with Crippen molar-refractivity contribution in [1.82, 2.24) is 13.1 Å². The van der Waals surface area contributed by atoms with Gasteiger partial charge in [0.1, 0.15) is 5.76 Å². The molecular formula is C24H37N5O5S3. The maximum Gasteiger partial charge on any atom is 0.256 e. The van der Waals surface area contributed by atoms with E-state index in [1.165, 1.54) is 4.31 Å². The lowest BCUT2D eigenvalue weighted by molar-refractivity contribution is 0.389. The third-order valence-corrected chi connectivity index (χ3v) is 10.6. The summed E-state index contributed by atoms with van der Waals surface area (Å²) in [6.45, 7) is 16.2. The highest BCUT2D eigenvalue weighted by atomic mass is 32.2. The lowest BCUT2D eigenvalue weighted by atomic mass is 9.88. The fraction of sp³-hybridized carbons (Fsp3) is 0.583. The molecule has 37 heavy (non-hydrogen) atoms. The van der Waals surface area contributed by atoms with Gasteiger partial charge in [-0.05, 0) is 29.9 Å². The van der Waals surface area contributed by atoms with Crippen LogP contribution in [-0.2, 0) is 15.4 Å². The molecule has 10 nitrogen and oxygen atoms in total. The standard InChI is InChI=1S/C24H37N5O5S3/c1-10-29(11-2)37(32,33)23-20(30)18(15(5)35-23)25-21-22(27-36(31)26-21)28(9)19(14(3)4)17-12-16(13-34-17)24(6,7)8/h12-14,19,30H,10-11H2,1-9H3,(H,25,26)/t19-,36?/m1/s1. The van der Waals surface area contributed by atoms with Gasteiger partial charge in [-0.25, -0.2) is 8.42 Å². The molecular weight excluding hydrogens is 534 g/mol. The second-order valence-corrected chi connectivity index (χ2v) is 14.4. The summed E-state index contributed by atoms with van der Waals surface area (Å²) >= 11 is -0.897. The quantitative estimate of drug-likeness (QED) is 0.290. The number of aryl methyl sites for hydroxylation is 1. The predicted octanol–water partition coefficient (Wildman–Crippen LogP) is 5.78. The molecule has 0 bridgehead atoms. The molecule has 206 valence electrons. The van der Waals surface area contributed by atoms with E-state index in [1.54, 1.807) is 27.0 Å². The van der Waals surface area contributed by atoms with Gasteiger partial charge in [0.05, 0.1) is 18.0 Å². The molecule has 0 saturated heterocycles. The van der Waals surface area contributed by atoms with Crippen LogP contribution in [0.3, 0.4) is 0 Å². The van der Waals surface area contributed by atoms with Gasteiger partial charge in [0.2, 0.25) is 11.6 Å². The molecule has 0 fully saturated rings. The average Bonchev–Trinajstić information content (AvgIpc) is 3.48. The monoisotopic (exact) mass is 571 g/mol. The second-order valence-electron chi connectivity index (χ2n) is 10.3. The highest BCUT2D eigenvalue weighted by Crippen LogP contribution is 2.46. The second kappa shape index (κ2) is 10.9. The maximum absolute atomic E-state index is 13.1. The minimum Gasteiger partial charge on any atom is -0.546 e. The van der Waals surface area contributed by atoms with Gasteiger partial charge >= 0.3 is 0 Å². The van der Waals surface area contributed by atoms with Crippen LogP contribution < -0.4 is 10.2 Å². The van der Waals surface area contributed by atoms with E-state index in [1.807, 2.05) is 18.0 Å². The first kappa shape index (κ1) is 29.4. The van der Waals surface area contributed by atoms with Gasteiger partial charge in [-0.2, -0.15) is 4.31 Å². The van der Waals surface area contributed by atoms with Crippen molar-refractivity contribution in [1.29, 1.82) is 0 Å². The Hall–Kier alpha value is -2.19. The van der Waals surface area contributed by atoms with Crippen LogP contribution in [-0.4, -0.2) is 51.3 Å². The summed E-state index contributed by atoms with van der Waals surface area (Å²) in [4.78, 5) is 2.39. The lowest BCUT2D eigenvalue weighted by Crippen LogP contribution is -2.30. The minimum absolute atomic E-state index is 0.0838. The molecule has 3 rings (SSSR count). The van der Waals surface area contributed by atoms with Crippen molar-refractivity contribution in [3.63, 3.8) is 0 Å². The van der Waals surface area contributed by atoms with Crippen LogP contribution in [0, 0.1) is 12.8 Å². The van der Waals surface area contributed by atoms with E-state index in [4.69, 9.17) is 4.42 Å². The minimum atomic E-state index is -3.87. The summed E-state index contributed by atoms with van der Waals surface area (Å²) in [5, 5.41) is 13.9. The van der Waals surface area contributed by atoms with Gasteiger partial charge in [-0.3, -0.25) is 0 Å². The van der Waals surface area contributed by atoms with E-state index in [2.05, 4.69) is 48.7 Å². The molecule has 0 aliphatic carbocycles. The fourth-order valence-corrected chi connectivity index (χ4v) is 7.98. The van der Waals surface area contributed by atoms with Crippen LogP contribution in [0.4, 0.5) is 17.3 Å². The van der Waals surface area contributed by atoms with E-state index in [9.17, 15) is 18.1 Å². The van der Waals surface area contributed by atoms with Crippen molar-refractivity contribution < 1.29 is 22.5 Å². The van der Waals surface area contributed by atoms with Gasteiger partial charge in [0.15, 0.2) is 21.1 Å². The van der Waals surface area contributed by atoms with Gasteiger partial charge in [-0.1, -0.05) is 48.5 Å². The Morgan fingerprint density at radius 1 is 1.24 bits per heavy atom. The van der Waals surface area contributed by atoms with Gasteiger partial charge in [0, 0.05) is 33.8 Å². The van der Waals surface area contributed by atoms with E-state index < -0.39 is 26.9 Å². The Bertz CT molecular complexity index is 1330. The molecule has 1 unspecified atom stereocenters. The molecule has 0 amide bonds. The van der Waals surface area contributed by atoms with E-state index >= 15 is 0 Å². The molecule has 0 spiro atoms. The van der Waals surface area contributed by atoms with Crippen molar-refractivity contribution in [3.8, 4) is 5.75 Å². The summed E-state index contributed by atoms with van der Waals surface area (Å²) in [5.41, 5.74) is 1.18. The van der Waals surface area contributed by atoms with Gasteiger partial charge in [0.25, 0.3) is 10.0 Å². The number of aromatic hydroxyl groups is 1. The summed E-state index contributed by atoms with van der Waals surface area (Å²) in [6, 6.07) is 1.78. The maximum atomic E-state index is 13.1. The molecule has 3 heterocycles. The predicted molar refractivity (Wildman–Crippen MR) is 148 cm³/mol. The number of nitrogens with one attached hydrogen (secondary N) is 1. The molecule has 3 aromatic heterocycles. The third-order valence-electron chi connectivity index (χ3n) is 6.26. The highest BCUT2D eigenvalue weighted by Gasteiger charge is 2.34. The molecule has 13 heteroatoms. The van der Waals surface area contributed by atoms with Crippen molar-refractivity contribution in [2.75, 3.05) is 30.4 Å². The SMILES string of the molecule is CCN(CC)S(=O)(=O)c1sc(C)c(Nc2n[s+]([O-])nc2N(C)[C@@H](c2cc(C(C)(C)C)co2)C(C)C)c1O. The van der Waals surface area contributed by atoms with Crippen molar-refractivity contribution in [3.05, 3.63) is 28.5 Å². The Labute approximate surface area is 226 Å². The molecule has 0 aliphatic heterocycles. The number of aromatic nitrogens is 2. The van der Waals surface area contributed by atoms with E-state index in [0.29, 0.717) is 10.7 Å². The first-order valence-corrected chi connectivity index (χ1v) is 15.5. The third kappa shape index (κ3) is 5.80. The van der Waals surface area contributed by atoms with Crippen LogP contribution in [0.1, 0.15) is 70.7 Å². The summed E-state index contributed by atoms with van der Waals surface area (Å²) < 4.78 is 54.0. The van der Waals surface area contributed by atoms with Crippen molar-refractivity contribution in [2.24, 2.45) is 5.92 Å². The molecule has 0 aliphatic rings. The molecule has 0 aromatic carbocycles. The van der Waals surface area contributed by atoms with Crippen LogP contribution in [0.5, 0.6) is 5.75 Å². The van der Waals surface area contributed by atoms with Gasteiger partial charge in [-0.15, -0.1) is 11.3 Å². The largest absolute Gasteiger partial charge is 0.546 e. The van der Waals surface area contributed by atoms with E-state index in [-0.39, 0.29) is 46.2 Å². The van der Waals surface area contributed by atoms with Crippen LogP contribution >= 0.6 is 22.5 Å². The summed E-state index contributed by atoms with van der Waals surface area (Å²) in [7, 11) is -2.05. The zero-order valence-electron chi connectivity index (χ0n) is 22.8. The smallest absolute Gasteiger partial charge is 0.256 e. The Morgan fingerprint density at radius 3 is 2.38 bits per heavy atom. The zero-order valence-corrected chi connectivity index (χ0v) is 25.3. The molecule has 0 saturated carbocycles. The van der Waals surface area contributed by atoms with Crippen LogP contribution in [0.2, 0.25) is 0 Å². The number of thiophene rings is 1. The molecule has 0 radical (unpaired) electrons. The summed E-state index contributed by atoms with van der Waals surface area (Å²) in [6.07, 6.45) is 1.75. The first-order valence-electron chi connectivity index (χ1n) is 12.1. The highest BCUT2D eigenvalue weighted by molar-refractivity contribution is 7.91. The summed E-state index contributed by atoms with van der Waals surface area (Å²) in [5.74, 6) is 0.951. The Kier molecular flexibility index (Phi) is 8.64. The molecule has 3 aromatic rings. The van der Waals surface area contributed by atoms with Gasteiger partial charge < -0.3 is 24.3 Å². The average molecular weight is 572 g/mol. The fourth-order valence-electron chi connectivity index (χ4n) is 4.19. The van der Waals surface area contributed by atoms with Crippen molar-refractivity contribution >= 4 is 49.8 Å². The zero-order chi connectivity index (χ0) is 27.9. The number of hydrogen-bond acceptors (Lipinski definition) is 10. The molecule has 2 atom stereocenters. The normalized spacial score (nSPS) is 14.0. The number of hydrogen-bond donors (Lipinski definition) is 2. The number of rotatable bonds is 10. The first-order chi connectivity index (χ1) is 17.1. The number of sulfonamides is 1. The number of nitrogens with zero attached hydrogens (tertiary/aromatic N) is 4. The Balaban J connectivity index is 2.01. The van der Waals surface area contributed by atoms with E-state index in [0.717, 1.165) is 22.7 Å². The molecule has 2 N–H and O–H groups in total. The van der Waals surface area contributed by atoms with Crippen LogP contribution in [0.25, 0.3) is 0 Å². The van der Waals surface area contributed by atoms with Crippen LogP contribution in [0.15, 0.2) is 21.0 Å².